The van der Waals surface area contributed by atoms with E-state index >= 15 is 0 Å². The lowest BCUT2D eigenvalue weighted by atomic mass is 10.2. The Kier molecular flexibility index (Phi) is 5.59. The second-order valence-electron chi connectivity index (χ2n) is 4.61. The molecule has 0 amide bonds. The number of aromatic nitrogens is 1. The van der Waals surface area contributed by atoms with E-state index in [-0.39, 0.29) is 0 Å². The number of hydrogen-bond donors (Lipinski definition) is 2. The Bertz CT molecular complexity index is 636. The second-order valence-corrected chi connectivity index (χ2v) is 6.31. The first kappa shape index (κ1) is 15.8. The van der Waals surface area contributed by atoms with Crippen LogP contribution in [0, 0.1) is 13.8 Å². The third kappa shape index (κ3) is 4.44. The molecule has 4 nitrogen and oxygen atoms in total. The summed E-state index contributed by atoms with van der Waals surface area (Å²) in [6, 6.07) is 7.79. The molecule has 0 saturated heterocycles. The van der Waals surface area contributed by atoms with Gasteiger partial charge >= 0.3 is 0 Å². The van der Waals surface area contributed by atoms with E-state index in [1.165, 1.54) is 4.88 Å². The summed E-state index contributed by atoms with van der Waals surface area (Å²) in [6.07, 6.45) is 0. The van der Waals surface area contributed by atoms with Gasteiger partial charge in [-0.25, -0.2) is 4.98 Å². The van der Waals surface area contributed by atoms with Crippen molar-refractivity contribution >= 4 is 28.9 Å². The number of aliphatic imine (C=N–C) groups is 1. The number of hydrogen-bond acceptors (Lipinski definition) is 3. The van der Waals surface area contributed by atoms with Gasteiger partial charge in [0, 0.05) is 23.5 Å². The highest BCUT2D eigenvalue weighted by molar-refractivity contribution is 7.11. The maximum atomic E-state index is 6.14. The molecule has 0 radical (unpaired) electrons. The fourth-order valence-corrected chi connectivity index (χ4v) is 3.02. The average molecular weight is 323 g/mol. The van der Waals surface area contributed by atoms with E-state index in [9.17, 15) is 0 Å². The molecule has 21 heavy (non-hydrogen) atoms. The van der Waals surface area contributed by atoms with Gasteiger partial charge in [-0.1, -0.05) is 29.8 Å². The quantitative estimate of drug-likeness (QED) is 0.671. The third-order valence-electron chi connectivity index (χ3n) is 3.04. The zero-order valence-electron chi connectivity index (χ0n) is 12.4. The van der Waals surface area contributed by atoms with E-state index in [1.54, 1.807) is 18.4 Å². The smallest absolute Gasteiger partial charge is 0.191 e. The van der Waals surface area contributed by atoms with Crippen LogP contribution >= 0.6 is 22.9 Å². The van der Waals surface area contributed by atoms with E-state index in [0.717, 1.165) is 33.8 Å². The molecule has 0 aliphatic carbocycles. The largest absolute Gasteiger partial charge is 0.352 e. The lowest BCUT2D eigenvalue weighted by Gasteiger charge is -2.12. The molecule has 2 aromatic rings. The van der Waals surface area contributed by atoms with Crippen molar-refractivity contribution in [1.82, 2.24) is 15.6 Å². The van der Waals surface area contributed by atoms with Crippen LogP contribution in [0.2, 0.25) is 5.02 Å². The van der Waals surface area contributed by atoms with E-state index < -0.39 is 0 Å². The second kappa shape index (κ2) is 7.43. The number of benzene rings is 1. The molecule has 1 aromatic heterocycles. The molecule has 0 fully saturated rings. The summed E-state index contributed by atoms with van der Waals surface area (Å²) in [5.41, 5.74) is 2.12. The summed E-state index contributed by atoms with van der Waals surface area (Å²) < 4.78 is 0. The van der Waals surface area contributed by atoms with Gasteiger partial charge < -0.3 is 10.6 Å². The number of nitrogens with one attached hydrogen (secondary N) is 2. The first-order valence-electron chi connectivity index (χ1n) is 6.71. The van der Waals surface area contributed by atoms with Crippen LogP contribution in [0.15, 0.2) is 29.3 Å². The van der Waals surface area contributed by atoms with Crippen molar-refractivity contribution < 1.29 is 0 Å². The fraction of sp³-hybridized carbons (Fsp3) is 0.333. The maximum Gasteiger partial charge on any atom is 0.191 e. The first-order valence-corrected chi connectivity index (χ1v) is 7.90. The molecule has 1 aromatic carbocycles. The highest BCUT2D eigenvalue weighted by Crippen LogP contribution is 2.16. The molecule has 0 spiro atoms. The summed E-state index contributed by atoms with van der Waals surface area (Å²) in [5.74, 6) is 0.750. The van der Waals surface area contributed by atoms with Crippen molar-refractivity contribution in [2.45, 2.75) is 26.9 Å². The van der Waals surface area contributed by atoms with Crippen molar-refractivity contribution in [2.75, 3.05) is 7.05 Å². The average Bonchev–Trinajstić information content (AvgIpc) is 2.79. The molecule has 0 atom stereocenters. The molecule has 112 valence electrons. The molecule has 2 N–H and O–H groups in total. The molecule has 0 aliphatic rings. The minimum absolute atomic E-state index is 0.639. The van der Waals surface area contributed by atoms with Gasteiger partial charge in [0.25, 0.3) is 0 Å². The predicted molar refractivity (Wildman–Crippen MR) is 90.1 cm³/mol. The Balaban J connectivity index is 1.90. The van der Waals surface area contributed by atoms with E-state index in [0.29, 0.717) is 6.54 Å². The van der Waals surface area contributed by atoms with Gasteiger partial charge in [0.1, 0.15) is 0 Å². The van der Waals surface area contributed by atoms with Crippen LogP contribution in [0.1, 0.15) is 21.1 Å². The van der Waals surface area contributed by atoms with Gasteiger partial charge in [-0.3, -0.25) is 4.99 Å². The number of nitrogens with zero attached hydrogens (tertiary/aromatic N) is 2. The van der Waals surface area contributed by atoms with Crippen LogP contribution in [0.5, 0.6) is 0 Å². The molecule has 6 heteroatoms. The minimum atomic E-state index is 0.639. The molecule has 0 unspecified atom stereocenters. The third-order valence-corrected chi connectivity index (χ3v) is 4.49. The molecule has 0 aliphatic heterocycles. The highest BCUT2D eigenvalue weighted by Gasteiger charge is 2.06. The normalized spacial score (nSPS) is 11.5. The molecule has 0 bridgehead atoms. The number of rotatable bonds is 4. The van der Waals surface area contributed by atoms with Crippen LogP contribution in [0.4, 0.5) is 0 Å². The van der Waals surface area contributed by atoms with Gasteiger partial charge in [-0.05, 0) is 25.5 Å². The number of halogens is 1. The lowest BCUT2D eigenvalue weighted by molar-refractivity contribution is 0.811. The van der Waals surface area contributed by atoms with Crippen LogP contribution in [0.3, 0.4) is 0 Å². The van der Waals surface area contributed by atoms with Crippen molar-refractivity contribution in [3.8, 4) is 0 Å². The van der Waals surface area contributed by atoms with Crippen LogP contribution in [0.25, 0.3) is 0 Å². The Morgan fingerprint density at radius 3 is 2.57 bits per heavy atom. The number of guanidine groups is 1. The Morgan fingerprint density at radius 2 is 1.95 bits per heavy atom. The SMILES string of the molecule is CN=C(NCc1ccccc1Cl)NCc1sc(C)nc1C. The molecular weight excluding hydrogens is 304 g/mol. The molecule has 2 rings (SSSR count). The standard InChI is InChI=1S/C15H19ClN4S/c1-10-14(21-11(2)20-10)9-19-15(17-3)18-8-12-6-4-5-7-13(12)16/h4-7H,8-9H2,1-3H3,(H2,17,18,19). The predicted octanol–water partition coefficient (Wildman–Crippen LogP) is 3.28. The molecular formula is C15H19ClN4S. The maximum absolute atomic E-state index is 6.14. The van der Waals surface area contributed by atoms with E-state index in [1.807, 2.05) is 38.1 Å². The van der Waals surface area contributed by atoms with Gasteiger partial charge in [0.05, 0.1) is 17.2 Å². The number of aryl methyl sites for hydroxylation is 2. The van der Waals surface area contributed by atoms with Crippen molar-refractivity contribution in [3.05, 3.63) is 50.4 Å². The summed E-state index contributed by atoms with van der Waals surface area (Å²) >= 11 is 7.85. The van der Waals surface area contributed by atoms with Gasteiger partial charge in [0.2, 0.25) is 0 Å². The monoisotopic (exact) mass is 322 g/mol. The Hall–Kier alpha value is -1.59. The van der Waals surface area contributed by atoms with Crippen LogP contribution < -0.4 is 10.6 Å². The lowest BCUT2D eigenvalue weighted by Crippen LogP contribution is -2.36. The fourth-order valence-electron chi connectivity index (χ4n) is 1.94. The van der Waals surface area contributed by atoms with Crippen LogP contribution in [-0.2, 0) is 13.1 Å². The van der Waals surface area contributed by atoms with Crippen molar-refractivity contribution in [2.24, 2.45) is 4.99 Å². The summed E-state index contributed by atoms with van der Waals surface area (Å²) in [6.45, 7) is 5.41. The summed E-state index contributed by atoms with van der Waals surface area (Å²) in [5, 5.41) is 8.40. The van der Waals surface area contributed by atoms with Crippen molar-refractivity contribution in [1.29, 1.82) is 0 Å². The summed E-state index contributed by atoms with van der Waals surface area (Å²) in [7, 11) is 1.76. The molecule has 0 saturated carbocycles. The number of thiazole rings is 1. The molecule has 1 heterocycles. The Morgan fingerprint density at radius 1 is 1.24 bits per heavy atom. The zero-order valence-corrected chi connectivity index (χ0v) is 14.0. The van der Waals surface area contributed by atoms with Crippen LogP contribution in [-0.4, -0.2) is 18.0 Å². The zero-order chi connectivity index (χ0) is 15.2. The van der Waals surface area contributed by atoms with Gasteiger partial charge in [-0.2, -0.15) is 0 Å². The minimum Gasteiger partial charge on any atom is -0.352 e. The first-order chi connectivity index (χ1) is 10.1. The summed E-state index contributed by atoms with van der Waals surface area (Å²) in [4.78, 5) is 9.87. The Labute approximate surface area is 134 Å². The highest BCUT2D eigenvalue weighted by atomic mass is 35.5. The van der Waals surface area contributed by atoms with Gasteiger partial charge in [-0.15, -0.1) is 11.3 Å². The van der Waals surface area contributed by atoms with E-state index in [2.05, 4.69) is 20.6 Å². The van der Waals surface area contributed by atoms with Gasteiger partial charge in [0.15, 0.2) is 5.96 Å². The van der Waals surface area contributed by atoms with E-state index in [4.69, 9.17) is 11.6 Å². The topological polar surface area (TPSA) is 49.3 Å². The van der Waals surface area contributed by atoms with Crippen molar-refractivity contribution in [3.63, 3.8) is 0 Å².